The summed E-state index contributed by atoms with van der Waals surface area (Å²) in [5, 5.41) is 10.8. The van der Waals surface area contributed by atoms with Crippen LogP contribution in [0.5, 0.6) is 0 Å². The normalized spacial score (nSPS) is 12.0. The van der Waals surface area contributed by atoms with Gasteiger partial charge in [-0.3, -0.25) is 14.9 Å². The Morgan fingerprint density at radius 2 is 2.19 bits per heavy atom. The smallest absolute Gasteiger partial charge is 0.288 e. The van der Waals surface area contributed by atoms with Crippen LogP contribution in [0.15, 0.2) is 12.3 Å². The van der Waals surface area contributed by atoms with Crippen molar-refractivity contribution < 1.29 is 9.72 Å². The van der Waals surface area contributed by atoms with Gasteiger partial charge in [-0.15, -0.1) is 0 Å². The molecule has 1 aromatic rings. The maximum Gasteiger partial charge on any atom is 0.288 e. The number of pyridine rings is 1. The number of hydrogen-bond donors (Lipinski definition) is 1. The summed E-state index contributed by atoms with van der Waals surface area (Å²) in [6.07, 6.45) is 3.70. The minimum atomic E-state index is -0.581. The Bertz CT molecular complexity index is 519. The molecule has 0 radical (unpaired) electrons. The fourth-order valence-corrected chi connectivity index (χ4v) is 1.96. The lowest BCUT2D eigenvalue weighted by Gasteiger charge is -2.28. The zero-order valence-corrected chi connectivity index (χ0v) is 12.7. The highest BCUT2D eigenvalue weighted by Crippen LogP contribution is 2.20. The molecule has 0 aliphatic rings. The second-order valence-electron chi connectivity index (χ2n) is 4.99. The predicted octanol–water partition coefficient (Wildman–Crippen LogP) is 2.61. The Hall–Kier alpha value is -2.18. The average molecular weight is 294 g/mol. The Morgan fingerprint density at radius 3 is 2.71 bits per heavy atom. The molecule has 7 heteroatoms. The van der Waals surface area contributed by atoms with Crippen molar-refractivity contribution in [1.29, 1.82) is 0 Å². The number of nitrogens with zero attached hydrogens (tertiary/aromatic N) is 3. The predicted molar refractivity (Wildman–Crippen MR) is 81.0 cm³/mol. The Morgan fingerprint density at radius 1 is 1.52 bits per heavy atom. The third-order valence-corrected chi connectivity index (χ3v) is 3.48. The van der Waals surface area contributed by atoms with E-state index in [1.165, 1.54) is 6.07 Å². The van der Waals surface area contributed by atoms with E-state index in [0.717, 1.165) is 25.5 Å². The molecule has 1 rings (SSSR count). The maximum absolute atomic E-state index is 12.6. The van der Waals surface area contributed by atoms with Crippen LogP contribution in [-0.4, -0.2) is 33.3 Å². The van der Waals surface area contributed by atoms with Crippen LogP contribution in [-0.2, 0) is 0 Å². The number of carbonyl (C=O) groups excluding carboxylic acids is 1. The van der Waals surface area contributed by atoms with Gasteiger partial charge in [0.1, 0.15) is 12.0 Å². The number of unbranched alkanes of at least 4 members (excludes halogenated alkanes) is 1. The molecular weight excluding hydrogens is 272 g/mol. The minimum Gasteiger partial charge on any atom is -0.383 e. The van der Waals surface area contributed by atoms with Crippen LogP contribution >= 0.6 is 0 Å². The van der Waals surface area contributed by atoms with Crippen LogP contribution in [0.25, 0.3) is 0 Å². The minimum absolute atomic E-state index is 0.0235. The highest BCUT2D eigenvalue weighted by molar-refractivity contribution is 5.99. The number of hydrogen-bond acceptors (Lipinski definition) is 5. The molecule has 1 heterocycles. The van der Waals surface area contributed by atoms with Crippen LogP contribution in [0.1, 0.15) is 50.4 Å². The van der Waals surface area contributed by atoms with Gasteiger partial charge in [0.2, 0.25) is 0 Å². The summed E-state index contributed by atoms with van der Waals surface area (Å²) in [5.74, 6) is -0.276. The lowest BCUT2D eigenvalue weighted by molar-refractivity contribution is -0.385. The topological polar surface area (TPSA) is 102 Å². The molecule has 21 heavy (non-hydrogen) atoms. The van der Waals surface area contributed by atoms with Crippen LogP contribution in [0.4, 0.5) is 11.5 Å². The van der Waals surface area contributed by atoms with Crippen molar-refractivity contribution in [3.63, 3.8) is 0 Å². The van der Waals surface area contributed by atoms with Crippen molar-refractivity contribution in [3.05, 3.63) is 27.9 Å². The molecule has 1 aromatic heterocycles. The van der Waals surface area contributed by atoms with E-state index in [2.05, 4.69) is 4.98 Å². The fourth-order valence-electron chi connectivity index (χ4n) is 1.96. The number of nitrogen functional groups attached to an aromatic ring is 1. The Balaban J connectivity index is 3.12. The molecule has 7 nitrogen and oxygen atoms in total. The van der Waals surface area contributed by atoms with Crippen molar-refractivity contribution >= 4 is 17.4 Å². The summed E-state index contributed by atoms with van der Waals surface area (Å²) in [6, 6.07) is 1.24. The second kappa shape index (κ2) is 7.56. The first-order valence-electron chi connectivity index (χ1n) is 7.13. The molecule has 0 aliphatic heterocycles. The van der Waals surface area contributed by atoms with Gasteiger partial charge in [-0.1, -0.05) is 20.3 Å². The third-order valence-electron chi connectivity index (χ3n) is 3.48. The fraction of sp³-hybridized carbons (Fsp3) is 0.571. The van der Waals surface area contributed by atoms with Gasteiger partial charge < -0.3 is 10.6 Å². The lowest BCUT2D eigenvalue weighted by atomic mass is 10.1. The summed E-state index contributed by atoms with van der Waals surface area (Å²) >= 11 is 0. The Labute approximate surface area is 124 Å². The standard InChI is InChI=1S/C14H22N4O3/c1-4-6-7-17(10(3)5-2)14(19)12-8-11(18(20)21)9-16-13(12)15/h8-10H,4-7H2,1-3H3,(H2,15,16). The number of aromatic nitrogens is 1. The first-order valence-corrected chi connectivity index (χ1v) is 7.13. The Kier molecular flexibility index (Phi) is 6.08. The van der Waals surface area contributed by atoms with E-state index >= 15 is 0 Å². The largest absolute Gasteiger partial charge is 0.383 e. The van der Waals surface area contributed by atoms with Gasteiger partial charge in [0.25, 0.3) is 11.6 Å². The number of amides is 1. The first kappa shape index (κ1) is 16.9. The summed E-state index contributed by atoms with van der Waals surface area (Å²) < 4.78 is 0. The summed E-state index contributed by atoms with van der Waals surface area (Å²) in [7, 11) is 0. The molecule has 2 N–H and O–H groups in total. The highest BCUT2D eigenvalue weighted by Gasteiger charge is 2.24. The quantitative estimate of drug-likeness (QED) is 0.615. The maximum atomic E-state index is 12.6. The van der Waals surface area contributed by atoms with Crippen LogP contribution in [0.3, 0.4) is 0 Å². The molecule has 0 aliphatic carbocycles. The number of nitro groups is 1. The number of carbonyl (C=O) groups is 1. The molecule has 0 aromatic carbocycles. The number of anilines is 1. The van der Waals surface area contributed by atoms with Crippen molar-refractivity contribution in [2.24, 2.45) is 0 Å². The van der Waals surface area contributed by atoms with E-state index in [-0.39, 0.29) is 29.0 Å². The van der Waals surface area contributed by atoms with Gasteiger partial charge in [-0.05, 0) is 19.8 Å². The van der Waals surface area contributed by atoms with Gasteiger partial charge in [0.05, 0.1) is 10.5 Å². The second-order valence-corrected chi connectivity index (χ2v) is 4.99. The van der Waals surface area contributed by atoms with E-state index in [0.29, 0.717) is 6.54 Å². The molecule has 0 saturated heterocycles. The van der Waals surface area contributed by atoms with E-state index in [4.69, 9.17) is 5.73 Å². The summed E-state index contributed by atoms with van der Waals surface area (Å²) in [6.45, 7) is 6.59. The molecule has 0 fully saturated rings. The molecule has 0 saturated carbocycles. The van der Waals surface area contributed by atoms with Gasteiger partial charge in [0.15, 0.2) is 0 Å². The summed E-state index contributed by atoms with van der Waals surface area (Å²) in [5.41, 5.74) is 5.59. The molecule has 0 bridgehead atoms. The molecule has 116 valence electrons. The van der Waals surface area contributed by atoms with Crippen molar-refractivity contribution in [2.45, 2.75) is 46.1 Å². The van der Waals surface area contributed by atoms with E-state index in [9.17, 15) is 14.9 Å². The molecule has 1 amide bonds. The van der Waals surface area contributed by atoms with Crippen molar-refractivity contribution in [2.75, 3.05) is 12.3 Å². The third kappa shape index (κ3) is 4.14. The van der Waals surface area contributed by atoms with Gasteiger partial charge in [-0.2, -0.15) is 0 Å². The van der Waals surface area contributed by atoms with Gasteiger partial charge in [-0.25, -0.2) is 4.98 Å². The monoisotopic (exact) mass is 294 g/mol. The highest BCUT2D eigenvalue weighted by atomic mass is 16.6. The lowest BCUT2D eigenvalue weighted by Crippen LogP contribution is -2.39. The first-order chi connectivity index (χ1) is 9.92. The molecule has 1 unspecified atom stereocenters. The summed E-state index contributed by atoms with van der Waals surface area (Å²) in [4.78, 5) is 28.3. The van der Waals surface area contributed by atoms with Gasteiger partial charge in [0, 0.05) is 18.7 Å². The van der Waals surface area contributed by atoms with Crippen molar-refractivity contribution in [3.8, 4) is 0 Å². The van der Waals surface area contributed by atoms with Crippen LogP contribution in [0.2, 0.25) is 0 Å². The zero-order valence-electron chi connectivity index (χ0n) is 12.7. The molecular formula is C14H22N4O3. The van der Waals surface area contributed by atoms with Gasteiger partial charge >= 0.3 is 0 Å². The average Bonchev–Trinajstić information content (AvgIpc) is 2.47. The molecule has 1 atom stereocenters. The van der Waals surface area contributed by atoms with E-state index < -0.39 is 4.92 Å². The molecule has 0 spiro atoms. The van der Waals surface area contributed by atoms with Crippen LogP contribution < -0.4 is 5.73 Å². The van der Waals surface area contributed by atoms with Crippen molar-refractivity contribution in [1.82, 2.24) is 9.88 Å². The number of nitrogens with two attached hydrogens (primary N) is 1. The van der Waals surface area contributed by atoms with E-state index in [1.807, 2.05) is 20.8 Å². The number of rotatable bonds is 7. The zero-order chi connectivity index (χ0) is 16.0. The van der Waals surface area contributed by atoms with Crippen LogP contribution in [0, 0.1) is 10.1 Å². The SMILES string of the molecule is CCCCN(C(=O)c1cc([N+](=O)[O-])cnc1N)C(C)CC. The van der Waals surface area contributed by atoms with E-state index in [1.54, 1.807) is 4.90 Å².